The summed E-state index contributed by atoms with van der Waals surface area (Å²) < 4.78 is 82.4. The highest BCUT2D eigenvalue weighted by Crippen LogP contribution is 2.26. The van der Waals surface area contributed by atoms with Crippen LogP contribution in [0.2, 0.25) is 0 Å². The molecule has 0 radical (unpaired) electrons. The minimum absolute atomic E-state index is 0.0441. The van der Waals surface area contributed by atoms with Crippen molar-refractivity contribution in [1.29, 1.82) is 0 Å². The molecule has 30 heavy (non-hydrogen) atoms. The number of hydrogen-bond acceptors (Lipinski definition) is 4. The van der Waals surface area contributed by atoms with E-state index in [1.54, 1.807) is 13.8 Å². The summed E-state index contributed by atoms with van der Waals surface area (Å²) in [4.78, 5) is 11.9. The topological polar surface area (TPSA) is 84.5 Å². The number of carbonyl (C=O) groups is 1. The maximum atomic E-state index is 13.9. The highest BCUT2D eigenvalue weighted by Gasteiger charge is 2.33. The molecule has 0 saturated carbocycles. The Hall–Kier alpha value is -2.66. The number of sulfonamides is 1. The molecular weight excluding hydrogens is 428 g/mol. The quantitative estimate of drug-likeness (QED) is 0.607. The van der Waals surface area contributed by atoms with Gasteiger partial charge in [0.15, 0.2) is 0 Å². The number of hydrogen-bond donors (Lipinski definition) is 2. The Morgan fingerprint density at radius 2 is 1.67 bits per heavy atom. The molecule has 0 saturated heterocycles. The summed E-state index contributed by atoms with van der Waals surface area (Å²) in [5.74, 6) is -2.79. The van der Waals surface area contributed by atoms with Crippen molar-refractivity contribution in [1.82, 2.24) is 10.0 Å². The van der Waals surface area contributed by atoms with Crippen molar-refractivity contribution in [3.8, 4) is 5.75 Å². The van der Waals surface area contributed by atoms with Crippen LogP contribution in [0.4, 0.5) is 17.6 Å². The molecule has 0 heterocycles. The standard InChI is InChI=1S/C19H20F4N2O4S/c1-12(2)17(25-30(27,28)16-10-6-4-8-14(16)20)18(26)24-11-13-7-3-5-9-15(13)29-19(21,22)23/h3-10,12,17,25H,11H2,1-2H3,(H,24,26)/t17-/m0/s1. The van der Waals surface area contributed by atoms with E-state index in [9.17, 15) is 30.8 Å². The van der Waals surface area contributed by atoms with Gasteiger partial charge < -0.3 is 10.1 Å². The fourth-order valence-corrected chi connectivity index (χ4v) is 3.98. The first-order valence-corrected chi connectivity index (χ1v) is 10.3. The maximum Gasteiger partial charge on any atom is 0.573 e. The van der Waals surface area contributed by atoms with E-state index in [0.29, 0.717) is 0 Å². The van der Waals surface area contributed by atoms with Crippen LogP contribution in [0.3, 0.4) is 0 Å². The molecule has 2 aromatic rings. The van der Waals surface area contributed by atoms with Crippen LogP contribution in [0, 0.1) is 11.7 Å². The normalized spacial score (nSPS) is 13.2. The number of rotatable bonds is 8. The van der Waals surface area contributed by atoms with Gasteiger partial charge >= 0.3 is 6.36 Å². The zero-order valence-electron chi connectivity index (χ0n) is 16.0. The van der Waals surface area contributed by atoms with E-state index in [2.05, 4.69) is 14.8 Å². The van der Waals surface area contributed by atoms with Crippen LogP contribution < -0.4 is 14.8 Å². The number of benzene rings is 2. The molecule has 1 amide bonds. The average Bonchev–Trinajstić information content (AvgIpc) is 2.64. The third kappa shape index (κ3) is 6.42. The van der Waals surface area contributed by atoms with Gasteiger partial charge in [-0.3, -0.25) is 4.79 Å². The molecule has 0 bridgehead atoms. The molecule has 0 aromatic heterocycles. The summed E-state index contributed by atoms with van der Waals surface area (Å²) in [6.07, 6.45) is -4.91. The van der Waals surface area contributed by atoms with Crippen molar-refractivity contribution in [2.45, 2.75) is 37.7 Å². The first kappa shape index (κ1) is 23.6. The van der Waals surface area contributed by atoms with E-state index >= 15 is 0 Å². The zero-order valence-corrected chi connectivity index (χ0v) is 16.9. The fourth-order valence-electron chi connectivity index (χ4n) is 2.55. The van der Waals surface area contributed by atoms with E-state index in [0.717, 1.165) is 18.2 Å². The van der Waals surface area contributed by atoms with Crippen LogP contribution in [0.5, 0.6) is 5.75 Å². The summed E-state index contributed by atoms with van der Waals surface area (Å²) in [6.45, 7) is 2.79. The van der Waals surface area contributed by atoms with Gasteiger partial charge in [-0.1, -0.05) is 44.2 Å². The van der Waals surface area contributed by atoms with Gasteiger partial charge in [0.05, 0.1) is 0 Å². The molecule has 0 aliphatic heterocycles. The van der Waals surface area contributed by atoms with Crippen LogP contribution >= 0.6 is 0 Å². The predicted molar refractivity (Wildman–Crippen MR) is 100 cm³/mol. The van der Waals surface area contributed by atoms with E-state index in [1.165, 1.54) is 30.3 Å². The Morgan fingerprint density at radius 1 is 1.07 bits per heavy atom. The first-order valence-electron chi connectivity index (χ1n) is 8.79. The highest BCUT2D eigenvalue weighted by molar-refractivity contribution is 7.89. The van der Waals surface area contributed by atoms with Gasteiger partial charge in [0.2, 0.25) is 15.9 Å². The average molecular weight is 448 g/mol. The summed E-state index contributed by atoms with van der Waals surface area (Å²) in [7, 11) is -4.35. The van der Waals surface area contributed by atoms with Crippen LogP contribution in [0.1, 0.15) is 19.4 Å². The Kier molecular flexibility index (Phi) is 7.43. The van der Waals surface area contributed by atoms with E-state index in [1.807, 2.05) is 0 Å². The predicted octanol–water partition coefficient (Wildman–Crippen LogP) is 3.34. The lowest BCUT2D eigenvalue weighted by Gasteiger charge is -2.22. The number of alkyl halides is 3. The lowest BCUT2D eigenvalue weighted by atomic mass is 10.0. The van der Waals surface area contributed by atoms with Crippen LogP contribution in [-0.4, -0.2) is 26.7 Å². The molecule has 0 fully saturated rings. The maximum absolute atomic E-state index is 13.9. The first-order chi connectivity index (χ1) is 13.9. The third-order valence-electron chi connectivity index (χ3n) is 4.01. The molecule has 0 aliphatic rings. The molecule has 2 rings (SSSR count). The SMILES string of the molecule is CC(C)[C@H](NS(=O)(=O)c1ccccc1F)C(=O)NCc1ccccc1OC(F)(F)F. The Bertz CT molecular complexity index is 994. The Labute approximate surface area is 171 Å². The fraction of sp³-hybridized carbons (Fsp3) is 0.316. The molecule has 0 spiro atoms. The Balaban J connectivity index is 2.15. The van der Waals surface area contributed by atoms with Gasteiger partial charge in [-0.15, -0.1) is 13.2 Å². The van der Waals surface area contributed by atoms with Gasteiger partial charge in [-0.25, -0.2) is 12.8 Å². The van der Waals surface area contributed by atoms with Crippen LogP contribution in [0.25, 0.3) is 0 Å². The minimum Gasteiger partial charge on any atom is -0.405 e. The number of ether oxygens (including phenoxy) is 1. The smallest absolute Gasteiger partial charge is 0.405 e. The minimum atomic E-state index is -4.91. The number of carbonyl (C=O) groups excluding carboxylic acids is 1. The van der Waals surface area contributed by atoms with Gasteiger partial charge in [0.25, 0.3) is 0 Å². The van der Waals surface area contributed by atoms with Crippen molar-refractivity contribution >= 4 is 15.9 Å². The summed E-state index contributed by atoms with van der Waals surface area (Å²) in [5.41, 5.74) is 0.0441. The van der Waals surface area contributed by atoms with Crippen molar-refractivity contribution in [3.05, 3.63) is 59.9 Å². The van der Waals surface area contributed by atoms with Crippen molar-refractivity contribution in [2.24, 2.45) is 5.92 Å². The second-order valence-corrected chi connectivity index (χ2v) is 8.33. The molecule has 1 atom stereocenters. The molecule has 11 heteroatoms. The molecule has 6 nitrogen and oxygen atoms in total. The van der Waals surface area contributed by atoms with Gasteiger partial charge in [0, 0.05) is 12.1 Å². The number of para-hydroxylation sites is 1. The second-order valence-electron chi connectivity index (χ2n) is 6.65. The van der Waals surface area contributed by atoms with E-state index in [4.69, 9.17) is 0 Å². The molecule has 0 aliphatic carbocycles. The van der Waals surface area contributed by atoms with Crippen molar-refractivity contribution < 1.29 is 35.5 Å². The van der Waals surface area contributed by atoms with Crippen LogP contribution in [0.15, 0.2) is 53.4 Å². The number of nitrogens with one attached hydrogen (secondary N) is 2. The highest BCUT2D eigenvalue weighted by atomic mass is 32.2. The second kappa shape index (κ2) is 9.43. The third-order valence-corrected chi connectivity index (χ3v) is 5.48. The van der Waals surface area contributed by atoms with Gasteiger partial charge in [-0.2, -0.15) is 4.72 Å². The lowest BCUT2D eigenvalue weighted by Crippen LogP contribution is -2.49. The van der Waals surface area contributed by atoms with Gasteiger partial charge in [-0.05, 0) is 24.1 Å². The van der Waals surface area contributed by atoms with Gasteiger partial charge in [0.1, 0.15) is 22.5 Å². The van der Waals surface area contributed by atoms with Crippen LogP contribution in [-0.2, 0) is 21.4 Å². The molecule has 2 N–H and O–H groups in total. The monoisotopic (exact) mass is 448 g/mol. The molecular formula is C19H20F4N2O4S. The zero-order chi connectivity index (χ0) is 22.5. The molecule has 0 unspecified atom stereocenters. The van der Waals surface area contributed by atoms with Crippen molar-refractivity contribution in [2.75, 3.05) is 0 Å². The largest absolute Gasteiger partial charge is 0.573 e. The molecule has 164 valence electrons. The summed E-state index contributed by atoms with van der Waals surface area (Å²) in [5, 5.41) is 2.39. The molecule has 2 aromatic carbocycles. The van der Waals surface area contributed by atoms with Crippen molar-refractivity contribution in [3.63, 3.8) is 0 Å². The summed E-state index contributed by atoms with van der Waals surface area (Å²) >= 11 is 0. The Morgan fingerprint density at radius 3 is 2.27 bits per heavy atom. The van der Waals surface area contributed by atoms with E-state index < -0.39 is 50.7 Å². The number of halogens is 4. The van der Waals surface area contributed by atoms with E-state index in [-0.39, 0.29) is 12.1 Å². The lowest BCUT2D eigenvalue weighted by molar-refractivity contribution is -0.274. The number of amides is 1. The summed E-state index contributed by atoms with van der Waals surface area (Å²) in [6, 6.07) is 8.61.